The zero-order valence-electron chi connectivity index (χ0n) is 8.49. The van der Waals surface area contributed by atoms with Gasteiger partial charge in [0.2, 0.25) is 0 Å². The summed E-state index contributed by atoms with van der Waals surface area (Å²) in [6, 6.07) is 3.38. The van der Waals surface area contributed by atoms with E-state index in [1.165, 1.54) is 6.20 Å². The third kappa shape index (κ3) is 1.57. The molecule has 0 unspecified atom stereocenters. The summed E-state index contributed by atoms with van der Waals surface area (Å²) in [6.45, 7) is 1.85. The van der Waals surface area contributed by atoms with Gasteiger partial charge in [-0.05, 0) is 24.6 Å². The molecule has 1 aromatic carbocycles. The summed E-state index contributed by atoms with van der Waals surface area (Å²) in [5.41, 5.74) is 7.51. The zero-order chi connectivity index (χ0) is 11.9. The van der Waals surface area contributed by atoms with Crippen LogP contribution in [0.5, 0.6) is 0 Å². The van der Waals surface area contributed by atoms with E-state index in [1.807, 2.05) is 6.92 Å². The van der Waals surface area contributed by atoms with Gasteiger partial charge in [-0.1, -0.05) is 11.6 Å². The number of fused-ring (bicyclic) bond motifs is 1. The van der Waals surface area contributed by atoms with Crippen molar-refractivity contribution in [3.8, 4) is 0 Å². The Morgan fingerprint density at radius 1 is 1.50 bits per heavy atom. The molecule has 2 aromatic rings. The first-order valence-corrected chi connectivity index (χ1v) is 4.96. The number of aryl methyl sites for hydroxylation is 1. The quantitative estimate of drug-likeness (QED) is 0.798. The van der Waals surface area contributed by atoms with Crippen molar-refractivity contribution in [1.29, 1.82) is 0 Å². The Labute approximate surface area is 96.7 Å². The molecule has 0 aliphatic rings. The molecule has 2 rings (SSSR count). The van der Waals surface area contributed by atoms with Crippen LogP contribution in [0, 0.1) is 6.92 Å². The topological polar surface area (TPSA) is 76.2 Å². The molecular weight excluding hydrogens is 228 g/mol. The number of benzene rings is 1. The van der Waals surface area contributed by atoms with Gasteiger partial charge in [-0.3, -0.25) is 4.98 Å². The molecule has 0 atom stereocenters. The zero-order valence-corrected chi connectivity index (χ0v) is 9.25. The number of carbonyl (C=O) groups is 1. The Balaban J connectivity index is 2.89. The number of aromatic nitrogens is 1. The summed E-state index contributed by atoms with van der Waals surface area (Å²) in [6.07, 6.45) is 1.26. The van der Waals surface area contributed by atoms with Gasteiger partial charge in [0.25, 0.3) is 0 Å². The van der Waals surface area contributed by atoms with Gasteiger partial charge in [-0.15, -0.1) is 0 Å². The lowest BCUT2D eigenvalue weighted by Gasteiger charge is -2.07. The second-order valence-corrected chi connectivity index (χ2v) is 3.95. The summed E-state index contributed by atoms with van der Waals surface area (Å²) < 4.78 is 0. The van der Waals surface area contributed by atoms with Crippen molar-refractivity contribution in [1.82, 2.24) is 4.98 Å². The Morgan fingerprint density at radius 3 is 2.81 bits per heavy atom. The van der Waals surface area contributed by atoms with Crippen LogP contribution in [0.3, 0.4) is 0 Å². The van der Waals surface area contributed by atoms with Gasteiger partial charge in [0.05, 0.1) is 11.2 Å². The summed E-state index contributed by atoms with van der Waals surface area (Å²) in [4.78, 5) is 15.0. The summed E-state index contributed by atoms with van der Waals surface area (Å²) >= 11 is 5.90. The van der Waals surface area contributed by atoms with E-state index in [1.54, 1.807) is 12.1 Å². The van der Waals surface area contributed by atoms with E-state index in [4.69, 9.17) is 22.4 Å². The van der Waals surface area contributed by atoms with Gasteiger partial charge in [0.15, 0.2) is 0 Å². The fourth-order valence-electron chi connectivity index (χ4n) is 1.63. The van der Waals surface area contributed by atoms with E-state index in [0.717, 1.165) is 5.56 Å². The third-order valence-electron chi connectivity index (χ3n) is 2.40. The molecule has 4 nitrogen and oxygen atoms in total. The number of carboxylic acid groups (broad SMARTS) is 1. The van der Waals surface area contributed by atoms with Crippen molar-refractivity contribution in [3.05, 3.63) is 34.5 Å². The van der Waals surface area contributed by atoms with E-state index < -0.39 is 5.97 Å². The molecule has 3 N–H and O–H groups in total. The summed E-state index contributed by atoms with van der Waals surface area (Å²) in [5, 5.41) is 10.00. The molecule has 1 aromatic heterocycles. The van der Waals surface area contributed by atoms with Crippen LogP contribution in [0.4, 0.5) is 5.69 Å². The van der Waals surface area contributed by atoms with E-state index in [9.17, 15) is 4.79 Å². The van der Waals surface area contributed by atoms with Crippen LogP contribution in [-0.2, 0) is 0 Å². The number of hydrogen-bond donors (Lipinski definition) is 2. The highest BCUT2D eigenvalue weighted by molar-refractivity contribution is 6.31. The molecule has 0 spiro atoms. The van der Waals surface area contributed by atoms with E-state index in [-0.39, 0.29) is 11.3 Å². The van der Waals surface area contributed by atoms with E-state index in [0.29, 0.717) is 15.9 Å². The first-order valence-electron chi connectivity index (χ1n) is 4.58. The van der Waals surface area contributed by atoms with Crippen molar-refractivity contribution in [2.24, 2.45) is 0 Å². The van der Waals surface area contributed by atoms with Crippen molar-refractivity contribution in [3.63, 3.8) is 0 Å². The van der Waals surface area contributed by atoms with Gasteiger partial charge < -0.3 is 10.8 Å². The van der Waals surface area contributed by atoms with Crippen LogP contribution in [0.25, 0.3) is 10.9 Å². The molecule has 0 aliphatic heterocycles. The van der Waals surface area contributed by atoms with E-state index in [2.05, 4.69) is 4.98 Å². The van der Waals surface area contributed by atoms with Gasteiger partial charge in [0.1, 0.15) is 5.56 Å². The van der Waals surface area contributed by atoms with Crippen LogP contribution in [-0.4, -0.2) is 16.1 Å². The largest absolute Gasteiger partial charge is 0.478 e. The Morgan fingerprint density at radius 2 is 2.19 bits per heavy atom. The highest BCUT2D eigenvalue weighted by Crippen LogP contribution is 2.28. The highest BCUT2D eigenvalue weighted by Gasteiger charge is 2.13. The fraction of sp³-hybridized carbons (Fsp3) is 0.0909. The molecule has 0 radical (unpaired) electrons. The van der Waals surface area contributed by atoms with Crippen LogP contribution in [0.1, 0.15) is 15.9 Å². The number of hydrogen-bond acceptors (Lipinski definition) is 3. The van der Waals surface area contributed by atoms with Crippen LogP contribution in [0.2, 0.25) is 5.02 Å². The van der Waals surface area contributed by atoms with Crippen molar-refractivity contribution in [2.75, 3.05) is 5.73 Å². The first kappa shape index (κ1) is 10.7. The Hall–Kier alpha value is -1.81. The number of carboxylic acids is 1. The molecule has 0 bridgehead atoms. The van der Waals surface area contributed by atoms with Crippen molar-refractivity contribution in [2.45, 2.75) is 6.92 Å². The fourth-order valence-corrected chi connectivity index (χ4v) is 1.90. The van der Waals surface area contributed by atoms with Gasteiger partial charge >= 0.3 is 5.97 Å². The second-order valence-electron chi connectivity index (χ2n) is 3.51. The molecule has 0 saturated heterocycles. The number of pyridine rings is 1. The van der Waals surface area contributed by atoms with E-state index >= 15 is 0 Å². The summed E-state index contributed by atoms with van der Waals surface area (Å²) in [5.74, 6) is -1.09. The maximum atomic E-state index is 10.9. The van der Waals surface area contributed by atoms with Crippen molar-refractivity contribution >= 4 is 34.2 Å². The van der Waals surface area contributed by atoms with Crippen LogP contribution in [0.15, 0.2) is 18.3 Å². The van der Waals surface area contributed by atoms with Crippen LogP contribution >= 0.6 is 11.6 Å². The standard InChI is InChI=1S/C11H9ClN2O2/c1-5-2-6(12)3-7-9(13)8(11(15)16)4-14-10(5)7/h2-4H,1H3,(H2,13,14)(H,15,16). The van der Waals surface area contributed by atoms with Gasteiger partial charge in [-0.25, -0.2) is 4.79 Å². The van der Waals surface area contributed by atoms with Crippen molar-refractivity contribution < 1.29 is 9.90 Å². The molecule has 0 amide bonds. The molecule has 0 aliphatic carbocycles. The van der Waals surface area contributed by atoms with Gasteiger partial charge in [-0.2, -0.15) is 0 Å². The number of nitrogens with zero attached hydrogens (tertiary/aromatic N) is 1. The molecule has 82 valence electrons. The minimum absolute atomic E-state index is 0.00540. The minimum Gasteiger partial charge on any atom is -0.478 e. The first-order chi connectivity index (χ1) is 7.50. The average Bonchev–Trinajstić information content (AvgIpc) is 2.19. The number of aromatic carboxylic acids is 1. The molecule has 1 heterocycles. The molecule has 16 heavy (non-hydrogen) atoms. The number of halogens is 1. The third-order valence-corrected chi connectivity index (χ3v) is 2.62. The predicted molar refractivity (Wildman–Crippen MR) is 62.9 cm³/mol. The lowest BCUT2D eigenvalue weighted by molar-refractivity contribution is 0.0698. The number of nitrogens with two attached hydrogens (primary N) is 1. The summed E-state index contributed by atoms with van der Waals surface area (Å²) in [7, 11) is 0. The Kier molecular flexibility index (Phi) is 2.44. The molecular formula is C11H9ClN2O2. The van der Waals surface area contributed by atoms with Crippen LogP contribution < -0.4 is 5.73 Å². The number of anilines is 1. The lowest BCUT2D eigenvalue weighted by Crippen LogP contribution is -2.04. The van der Waals surface area contributed by atoms with Gasteiger partial charge in [0, 0.05) is 16.6 Å². The highest BCUT2D eigenvalue weighted by atomic mass is 35.5. The maximum Gasteiger partial charge on any atom is 0.339 e. The Bertz CT molecular complexity index is 596. The maximum absolute atomic E-state index is 10.9. The monoisotopic (exact) mass is 236 g/mol. The predicted octanol–water partition coefficient (Wildman–Crippen LogP) is 2.48. The second kappa shape index (κ2) is 3.64. The molecule has 0 saturated carbocycles. The average molecular weight is 237 g/mol. The SMILES string of the molecule is Cc1cc(Cl)cc2c(N)c(C(=O)O)cnc12. The number of nitrogen functional groups attached to an aromatic ring is 1. The number of rotatable bonds is 1. The normalized spacial score (nSPS) is 10.6. The smallest absolute Gasteiger partial charge is 0.339 e. The minimum atomic E-state index is -1.09. The lowest BCUT2D eigenvalue weighted by atomic mass is 10.1. The molecule has 0 fully saturated rings. The molecule has 5 heteroatoms.